The van der Waals surface area contributed by atoms with Crippen LogP contribution in [0.15, 0.2) is 30.5 Å². The quantitative estimate of drug-likeness (QED) is 0.914. The second-order valence-corrected chi connectivity index (χ2v) is 8.28. The maximum absolute atomic E-state index is 3.50. The molecule has 0 saturated carbocycles. The molecular weight excluding hydrogens is 306 g/mol. The van der Waals surface area contributed by atoms with Crippen LogP contribution in [0.2, 0.25) is 0 Å². The molecule has 5 rings (SSSR count). The third-order valence-electron chi connectivity index (χ3n) is 6.79. The predicted molar refractivity (Wildman–Crippen MR) is 105 cm³/mol. The van der Waals surface area contributed by atoms with Gasteiger partial charge in [0, 0.05) is 35.7 Å². The Morgan fingerprint density at radius 3 is 2.96 bits per heavy atom. The maximum Gasteiger partial charge on any atom is 0.0457 e. The number of likely N-dealkylation sites (tertiary alicyclic amines) is 1. The van der Waals surface area contributed by atoms with E-state index in [-0.39, 0.29) is 0 Å². The highest BCUT2D eigenvalue weighted by molar-refractivity contribution is 5.87. The second-order valence-electron chi connectivity index (χ2n) is 8.28. The van der Waals surface area contributed by atoms with E-state index in [1.54, 1.807) is 5.57 Å². The number of hydrogen-bond acceptors (Lipinski definition) is 2. The van der Waals surface area contributed by atoms with Gasteiger partial charge in [0.1, 0.15) is 0 Å². The first-order valence-electron chi connectivity index (χ1n) is 10.0. The molecule has 25 heavy (non-hydrogen) atoms. The van der Waals surface area contributed by atoms with Crippen LogP contribution in [0.1, 0.15) is 43.2 Å². The van der Waals surface area contributed by atoms with Gasteiger partial charge >= 0.3 is 0 Å². The van der Waals surface area contributed by atoms with E-state index in [2.05, 4.69) is 52.3 Å². The smallest absolute Gasteiger partial charge is 0.0457 e. The van der Waals surface area contributed by atoms with Crippen molar-refractivity contribution in [1.82, 2.24) is 14.8 Å². The number of H-pyrrole nitrogens is 1. The fraction of sp³-hybridized carbons (Fsp3) is 0.545. The van der Waals surface area contributed by atoms with Crippen LogP contribution in [0.25, 0.3) is 16.5 Å². The lowest BCUT2D eigenvalue weighted by Gasteiger charge is -2.29. The Hall–Kier alpha value is -1.58. The van der Waals surface area contributed by atoms with Crippen molar-refractivity contribution in [3.63, 3.8) is 0 Å². The minimum atomic E-state index is 0.712. The average molecular weight is 335 g/mol. The summed E-state index contributed by atoms with van der Waals surface area (Å²) in [5.41, 5.74) is 5.79. The molecule has 1 N–H and O–H groups in total. The number of aromatic amines is 1. The van der Waals surface area contributed by atoms with Crippen molar-refractivity contribution < 1.29 is 0 Å². The minimum absolute atomic E-state index is 0.712. The first kappa shape index (κ1) is 15.7. The minimum Gasteiger partial charge on any atom is -0.361 e. The van der Waals surface area contributed by atoms with Gasteiger partial charge in [-0.1, -0.05) is 12.1 Å². The summed E-state index contributed by atoms with van der Waals surface area (Å²) in [7, 11) is 2.28. The molecule has 2 aromatic rings. The zero-order valence-electron chi connectivity index (χ0n) is 15.3. The largest absolute Gasteiger partial charge is 0.361 e. The highest BCUT2D eigenvalue weighted by atomic mass is 15.2. The van der Waals surface area contributed by atoms with Crippen molar-refractivity contribution in [2.45, 2.75) is 50.6 Å². The van der Waals surface area contributed by atoms with E-state index in [0.717, 1.165) is 12.6 Å². The molecule has 0 radical (unpaired) electrons. The Labute approximate surface area is 150 Å². The molecule has 0 amide bonds. The summed E-state index contributed by atoms with van der Waals surface area (Å²) >= 11 is 0. The van der Waals surface area contributed by atoms with Gasteiger partial charge in [0.05, 0.1) is 0 Å². The molecule has 2 saturated heterocycles. The van der Waals surface area contributed by atoms with Crippen molar-refractivity contribution in [1.29, 1.82) is 0 Å². The number of hydrogen-bond donors (Lipinski definition) is 1. The Morgan fingerprint density at radius 2 is 2.08 bits per heavy atom. The standard InChI is InChI=1S/C22H29N3/c1-24-9-2-4-19(24)13-18-15-23-22-7-6-16(14-21(18)22)17-8-11-25-10-3-5-20(25)12-17/h6-8,14-15,19-20,23H,2-5,9-13H2,1H3. The molecule has 2 atom stereocenters. The zero-order valence-corrected chi connectivity index (χ0v) is 15.3. The number of aromatic nitrogens is 1. The third-order valence-corrected chi connectivity index (χ3v) is 6.79. The summed E-state index contributed by atoms with van der Waals surface area (Å²) in [6.45, 7) is 3.69. The Balaban J connectivity index is 1.44. The summed E-state index contributed by atoms with van der Waals surface area (Å²) in [4.78, 5) is 8.68. The van der Waals surface area contributed by atoms with Crippen LogP contribution in [-0.2, 0) is 6.42 Å². The lowest BCUT2D eigenvalue weighted by molar-refractivity contribution is 0.275. The molecule has 3 nitrogen and oxygen atoms in total. The molecule has 3 aliphatic rings. The zero-order chi connectivity index (χ0) is 16.8. The van der Waals surface area contributed by atoms with Gasteiger partial charge in [-0.2, -0.15) is 0 Å². The van der Waals surface area contributed by atoms with Crippen molar-refractivity contribution in [2.24, 2.45) is 0 Å². The number of benzene rings is 1. The van der Waals surface area contributed by atoms with E-state index >= 15 is 0 Å². The molecule has 3 heteroatoms. The first-order valence-corrected chi connectivity index (χ1v) is 10.0. The Kier molecular flexibility index (Phi) is 3.94. The van der Waals surface area contributed by atoms with Gasteiger partial charge in [-0.05, 0) is 87.5 Å². The summed E-state index contributed by atoms with van der Waals surface area (Å²) in [5, 5.41) is 1.44. The van der Waals surface area contributed by atoms with Gasteiger partial charge < -0.3 is 9.88 Å². The van der Waals surface area contributed by atoms with E-state index in [9.17, 15) is 0 Å². The van der Waals surface area contributed by atoms with Crippen LogP contribution in [0.3, 0.4) is 0 Å². The summed E-state index contributed by atoms with van der Waals surface area (Å²) in [6, 6.07) is 8.55. The fourth-order valence-electron chi connectivity index (χ4n) is 5.21. The number of nitrogens with zero attached hydrogens (tertiary/aromatic N) is 2. The second kappa shape index (κ2) is 6.30. The van der Waals surface area contributed by atoms with Crippen molar-refractivity contribution >= 4 is 16.5 Å². The van der Waals surface area contributed by atoms with E-state index in [1.165, 1.54) is 73.6 Å². The number of nitrogens with one attached hydrogen (secondary N) is 1. The van der Waals surface area contributed by atoms with E-state index in [4.69, 9.17) is 0 Å². The topological polar surface area (TPSA) is 22.3 Å². The van der Waals surface area contributed by atoms with Crippen LogP contribution >= 0.6 is 0 Å². The molecular formula is C22H29N3. The molecule has 1 aromatic heterocycles. The SMILES string of the molecule is CN1CCCC1Cc1c[nH]c2ccc(C3=CCN4CCCC4C3)cc12. The van der Waals surface area contributed by atoms with Gasteiger partial charge in [0.15, 0.2) is 0 Å². The number of likely N-dealkylation sites (N-methyl/N-ethyl adjacent to an activating group) is 1. The van der Waals surface area contributed by atoms with Gasteiger partial charge in [0.2, 0.25) is 0 Å². The molecule has 3 aliphatic heterocycles. The normalized spacial score (nSPS) is 27.8. The number of rotatable bonds is 3. The van der Waals surface area contributed by atoms with Gasteiger partial charge in [0.25, 0.3) is 0 Å². The van der Waals surface area contributed by atoms with Gasteiger partial charge in [-0.15, -0.1) is 0 Å². The van der Waals surface area contributed by atoms with E-state index < -0.39 is 0 Å². The van der Waals surface area contributed by atoms with Crippen molar-refractivity contribution in [2.75, 3.05) is 26.7 Å². The molecule has 4 heterocycles. The first-order chi connectivity index (χ1) is 12.3. The molecule has 2 unspecified atom stereocenters. The van der Waals surface area contributed by atoms with Crippen LogP contribution in [0.4, 0.5) is 0 Å². The van der Waals surface area contributed by atoms with Gasteiger partial charge in [-0.25, -0.2) is 0 Å². The van der Waals surface area contributed by atoms with Gasteiger partial charge in [-0.3, -0.25) is 4.90 Å². The highest BCUT2D eigenvalue weighted by Gasteiger charge is 2.28. The third kappa shape index (κ3) is 2.84. The molecule has 2 fully saturated rings. The molecule has 0 bridgehead atoms. The monoisotopic (exact) mass is 335 g/mol. The van der Waals surface area contributed by atoms with E-state index in [0.29, 0.717) is 6.04 Å². The predicted octanol–water partition coefficient (Wildman–Crippen LogP) is 4.06. The molecule has 1 aromatic carbocycles. The average Bonchev–Trinajstić information content (AvgIpc) is 3.35. The lowest BCUT2D eigenvalue weighted by Crippen LogP contribution is -2.32. The Morgan fingerprint density at radius 1 is 1.16 bits per heavy atom. The summed E-state index contributed by atoms with van der Waals surface area (Å²) < 4.78 is 0. The summed E-state index contributed by atoms with van der Waals surface area (Å²) in [5.74, 6) is 0. The van der Waals surface area contributed by atoms with Crippen LogP contribution in [0, 0.1) is 0 Å². The molecule has 132 valence electrons. The molecule has 0 spiro atoms. The van der Waals surface area contributed by atoms with Crippen molar-refractivity contribution in [3.8, 4) is 0 Å². The summed E-state index contributed by atoms with van der Waals surface area (Å²) in [6.07, 6.45) is 12.6. The Bertz CT molecular complexity index is 803. The lowest BCUT2D eigenvalue weighted by atomic mass is 9.92. The maximum atomic E-state index is 3.50. The highest BCUT2D eigenvalue weighted by Crippen LogP contribution is 2.34. The van der Waals surface area contributed by atoms with Crippen LogP contribution in [-0.4, -0.2) is 53.5 Å². The fourth-order valence-corrected chi connectivity index (χ4v) is 5.21. The number of fused-ring (bicyclic) bond motifs is 2. The van der Waals surface area contributed by atoms with Crippen LogP contribution < -0.4 is 0 Å². The molecule has 0 aliphatic carbocycles. The van der Waals surface area contributed by atoms with Crippen LogP contribution in [0.5, 0.6) is 0 Å². The van der Waals surface area contributed by atoms with Crippen molar-refractivity contribution in [3.05, 3.63) is 41.6 Å². The van der Waals surface area contributed by atoms with E-state index in [1.807, 2.05) is 0 Å².